The van der Waals surface area contributed by atoms with E-state index in [1.165, 1.54) is 45.2 Å². The second-order valence-electron chi connectivity index (χ2n) is 7.74. The average Bonchev–Trinajstić information content (AvgIpc) is 3.33. The molecule has 0 bridgehead atoms. The number of hydrogen-bond acceptors (Lipinski definition) is 4. The van der Waals surface area contributed by atoms with Crippen LogP contribution >= 0.6 is 35.7 Å². The highest BCUT2D eigenvalue weighted by molar-refractivity contribution is 14.0. The minimum absolute atomic E-state index is 0. The maximum Gasteiger partial charge on any atom is 0.191 e. The number of nitrogens with zero attached hydrogens (tertiary/aromatic N) is 2. The molecule has 2 aliphatic heterocycles. The Morgan fingerprint density at radius 3 is 2.58 bits per heavy atom. The van der Waals surface area contributed by atoms with Gasteiger partial charge in [0.25, 0.3) is 0 Å². The van der Waals surface area contributed by atoms with E-state index in [1.54, 1.807) is 0 Å². The zero-order valence-electron chi connectivity index (χ0n) is 16.5. The van der Waals surface area contributed by atoms with Crippen molar-refractivity contribution in [2.75, 3.05) is 45.6 Å². The molecule has 0 spiro atoms. The van der Waals surface area contributed by atoms with E-state index in [-0.39, 0.29) is 29.5 Å². The van der Waals surface area contributed by atoms with Crippen LogP contribution < -0.4 is 10.6 Å². The summed E-state index contributed by atoms with van der Waals surface area (Å²) in [6.07, 6.45) is 11.0. The summed E-state index contributed by atoms with van der Waals surface area (Å²) in [6, 6.07) is 0.577. The van der Waals surface area contributed by atoms with Crippen molar-refractivity contribution in [1.82, 2.24) is 15.5 Å². The topological polar surface area (TPSA) is 48.9 Å². The standard InChI is InChI=1S/C19H36N4OS.HI/c1-3-20-18(22-16-6-7-17(14-16)25-2)21-15-19(8-12-24-13-9-19)23-10-4-5-11-23;/h16-17H,3-15H2,1-2H3,(H2,20,21,22);1H. The molecule has 3 aliphatic rings. The lowest BCUT2D eigenvalue weighted by atomic mass is 9.88. The number of aliphatic imine (C=N–C) groups is 1. The van der Waals surface area contributed by atoms with Crippen LogP contribution in [0.25, 0.3) is 0 Å². The summed E-state index contributed by atoms with van der Waals surface area (Å²) in [6.45, 7) is 8.20. The van der Waals surface area contributed by atoms with Gasteiger partial charge < -0.3 is 15.4 Å². The maximum atomic E-state index is 5.66. The van der Waals surface area contributed by atoms with E-state index in [4.69, 9.17) is 9.73 Å². The molecule has 2 unspecified atom stereocenters. The van der Waals surface area contributed by atoms with Gasteiger partial charge in [0.05, 0.1) is 6.54 Å². The Bertz CT molecular complexity index is 439. The number of guanidine groups is 1. The van der Waals surface area contributed by atoms with Crippen molar-refractivity contribution in [1.29, 1.82) is 0 Å². The number of hydrogen-bond donors (Lipinski definition) is 2. The smallest absolute Gasteiger partial charge is 0.191 e. The Hall–Kier alpha value is 0.270. The van der Waals surface area contributed by atoms with Crippen molar-refractivity contribution < 1.29 is 4.74 Å². The molecule has 1 saturated carbocycles. The fourth-order valence-electron chi connectivity index (χ4n) is 4.54. The Morgan fingerprint density at radius 2 is 1.96 bits per heavy atom. The normalized spacial score (nSPS) is 29.4. The first-order chi connectivity index (χ1) is 12.3. The highest BCUT2D eigenvalue weighted by Crippen LogP contribution is 2.32. The van der Waals surface area contributed by atoms with Crippen LogP contribution in [0, 0.1) is 0 Å². The molecule has 2 heterocycles. The summed E-state index contributed by atoms with van der Waals surface area (Å²) in [5, 5.41) is 7.99. The Kier molecular flexibility index (Phi) is 9.82. The quantitative estimate of drug-likeness (QED) is 0.336. The Labute approximate surface area is 180 Å². The van der Waals surface area contributed by atoms with Crippen LogP contribution in [-0.4, -0.2) is 73.3 Å². The van der Waals surface area contributed by atoms with Crippen molar-refractivity contribution >= 4 is 41.7 Å². The molecule has 1 aliphatic carbocycles. The number of halogens is 1. The van der Waals surface area contributed by atoms with Crippen LogP contribution in [0.3, 0.4) is 0 Å². The summed E-state index contributed by atoms with van der Waals surface area (Å²) in [4.78, 5) is 7.75. The van der Waals surface area contributed by atoms with Gasteiger partial charge in [0.15, 0.2) is 5.96 Å². The van der Waals surface area contributed by atoms with Gasteiger partial charge in [-0.1, -0.05) is 0 Å². The molecule has 26 heavy (non-hydrogen) atoms. The second-order valence-corrected chi connectivity index (χ2v) is 8.88. The van der Waals surface area contributed by atoms with Gasteiger partial charge in [0.1, 0.15) is 0 Å². The fraction of sp³-hybridized carbons (Fsp3) is 0.947. The molecule has 5 nitrogen and oxygen atoms in total. The molecule has 0 aromatic heterocycles. The average molecular weight is 497 g/mol. The minimum Gasteiger partial charge on any atom is -0.381 e. The van der Waals surface area contributed by atoms with E-state index < -0.39 is 0 Å². The minimum atomic E-state index is 0. The monoisotopic (exact) mass is 496 g/mol. The van der Waals surface area contributed by atoms with Crippen molar-refractivity contribution in [2.45, 2.75) is 68.7 Å². The molecule has 3 fully saturated rings. The number of nitrogens with one attached hydrogen (secondary N) is 2. The largest absolute Gasteiger partial charge is 0.381 e. The molecule has 2 saturated heterocycles. The molecule has 2 atom stereocenters. The number of ether oxygens (including phenoxy) is 1. The van der Waals surface area contributed by atoms with Gasteiger partial charge in [-0.25, -0.2) is 0 Å². The summed E-state index contributed by atoms with van der Waals surface area (Å²) in [7, 11) is 0. The first-order valence-electron chi connectivity index (χ1n) is 10.2. The third kappa shape index (κ3) is 5.88. The van der Waals surface area contributed by atoms with Gasteiger partial charge in [-0.15, -0.1) is 24.0 Å². The lowest BCUT2D eigenvalue weighted by molar-refractivity contribution is -0.0139. The zero-order chi connectivity index (χ0) is 17.5. The van der Waals surface area contributed by atoms with Gasteiger partial charge in [-0.05, 0) is 71.2 Å². The number of thioether (sulfide) groups is 1. The molecule has 0 radical (unpaired) electrons. The molecule has 2 N–H and O–H groups in total. The predicted molar refractivity (Wildman–Crippen MR) is 123 cm³/mol. The highest BCUT2D eigenvalue weighted by Gasteiger charge is 2.39. The molecular weight excluding hydrogens is 459 g/mol. The van der Waals surface area contributed by atoms with Crippen LogP contribution in [0.5, 0.6) is 0 Å². The van der Waals surface area contributed by atoms with E-state index in [9.17, 15) is 0 Å². The molecular formula is C19H37IN4OS. The molecule has 0 aromatic carbocycles. The lowest BCUT2D eigenvalue weighted by Gasteiger charge is -2.43. The van der Waals surface area contributed by atoms with Crippen LogP contribution in [0.15, 0.2) is 4.99 Å². The number of rotatable bonds is 6. The summed E-state index contributed by atoms with van der Waals surface area (Å²) in [5.41, 5.74) is 0.217. The summed E-state index contributed by atoms with van der Waals surface area (Å²) < 4.78 is 5.66. The van der Waals surface area contributed by atoms with E-state index in [0.29, 0.717) is 6.04 Å². The molecule has 3 rings (SSSR count). The van der Waals surface area contributed by atoms with Gasteiger partial charge in [-0.3, -0.25) is 9.89 Å². The van der Waals surface area contributed by atoms with Gasteiger partial charge in [0.2, 0.25) is 0 Å². The van der Waals surface area contributed by atoms with Crippen LogP contribution in [0.1, 0.15) is 51.9 Å². The van der Waals surface area contributed by atoms with Gasteiger partial charge >= 0.3 is 0 Å². The molecule has 0 amide bonds. The Morgan fingerprint density at radius 1 is 1.23 bits per heavy atom. The van der Waals surface area contributed by atoms with Crippen LogP contribution in [0.2, 0.25) is 0 Å². The SMILES string of the molecule is CCNC(=NCC1(N2CCCC2)CCOCC1)NC1CCC(SC)C1.I. The van der Waals surface area contributed by atoms with E-state index in [1.807, 2.05) is 11.8 Å². The first kappa shape index (κ1) is 22.6. The second kappa shape index (κ2) is 11.3. The van der Waals surface area contributed by atoms with E-state index in [0.717, 1.165) is 50.4 Å². The van der Waals surface area contributed by atoms with Crippen molar-refractivity contribution in [2.24, 2.45) is 4.99 Å². The van der Waals surface area contributed by atoms with Gasteiger partial charge in [0, 0.05) is 36.6 Å². The van der Waals surface area contributed by atoms with Crippen molar-refractivity contribution in [3.8, 4) is 0 Å². The molecule has 152 valence electrons. The summed E-state index contributed by atoms with van der Waals surface area (Å²) in [5.74, 6) is 1.01. The molecule has 0 aromatic rings. The number of likely N-dealkylation sites (tertiary alicyclic amines) is 1. The van der Waals surface area contributed by atoms with Crippen LogP contribution in [0.4, 0.5) is 0 Å². The zero-order valence-corrected chi connectivity index (χ0v) is 19.6. The third-order valence-corrected chi connectivity index (χ3v) is 7.23. The van der Waals surface area contributed by atoms with Crippen LogP contribution in [-0.2, 0) is 4.74 Å². The Balaban J connectivity index is 0.00000243. The highest BCUT2D eigenvalue weighted by atomic mass is 127. The first-order valence-corrected chi connectivity index (χ1v) is 11.4. The van der Waals surface area contributed by atoms with E-state index in [2.05, 4.69) is 28.7 Å². The van der Waals surface area contributed by atoms with E-state index >= 15 is 0 Å². The van der Waals surface area contributed by atoms with Crippen molar-refractivity contribution in [3.63, 3.8) is 0 Å². The predicted octanol–water partition coefficient (Wildman–Crippen LogP) is 3.09. The summed E-state index contributed by atoms with van der Waals surface area (Å²) >= 11 is 2.01. The fourth-order valence-corrected chi connectivity index (χ4v) is 5.34. The van der Waals surface area contributed by atoms with Crippen molar-refractivity contribution in [3.05, 3.63) is 0 Å². The van der Waals surface area contributed by atoms with Gasteiger partial charge in [-0.2, -0.15) is 11.8 Å². The molecule has 7 heteroatoms. The maximum absolute atomic E-state index is 5.66. The lowest BCUT2D eigenvalue weighted by Crippen LogP contribution is -2.54. The third-order valence-electron chi connectivity index (χ3n) is 6.13.